The van der Waals surface area contributed by atoms with E-state index in [2.05, 4.69) is 33.5 Å². The number of hydrogen-bond acceptors (Lipinski definition) is 5. The summed E-state index contributed by atoms with van der Waals surface area (Å²) < 4.78 is 2.03. The van der Waals surface area contributed by atoms with Gasteiger partial charge in [-0.15, -0.1) is 10.2 Å². The van der Waals surface area contributed by atoms with Gasteiger partial charge in [-0.2, -0.15) is 0 Å². The fraction of sp³-hybridized carbons (Fsp3) is 0.300. The number of hydrogen-bond donors (Lipinski definition) is 1. The maximum absolute atomic E-state index is 12.4. The third kappa shape index (κ3) is 4.74. The summed E-state index contributed by atoms with van der Waals surface area (Å²) in [6.45, 7) is 6.91. The van der Waals surface area contributed by atoms with E-state index in [9.17, 15) is 4.79 Å². The molecule has 0 unspecified atom stereocenters. The number of rotatable bonds is 7. The molecule has 0 saturated heterocycles. The molecular weight excluding hydrogens is 358 g/mol. The summed E-state index contributed by atoms with van der Waals surface area (Å²) >= 11 is 1.39. The van der Waals surface area contributed by atoms with Crippen molar-refractivity contribution in [3.63, 3.8) is 0 Å². The normalized spacial score (nSPS) is 10.8. The Labute approximate surface area is 163 Å². The van der Waals surface area contributed by atoms with Gasteiger partial charge >= 0.3 is 0 Å². The highest BCUT2D eigenvalue weighted by Gasteiger charge is 2.16. The highest BCUT2D eigenvalue weighted by Crippen LogP contribution is 2.23. The minimum atomic E-state index is -0.0580. The van der Waals surface area contributed by atoms with Gasteiger partial charge in [0.1, 0.15) is 5.69 Å². The second-order valence-electron chi connectivity index (χ2n) is 6.33. The molecule has 1 N–H and O–H groups in total. The minimum absolute atomic E-state index is 0.0580. The van der Waals surface area contributed by atoms with E-state index < -0.39 is 0 Å². The van der Waals surface area contributed by atoms with Gasteiger partial charge in [-0.25, -0.2) is 0 Å². The Kier molecular flexibility index (Phi) is 6.24. The van der Waals surface area contributed by atoms with Crippen molar-refractivity contribution in [2.24, 2.45) is 0 Å². The zero-order chi connectivity index (χ0) is 19.2. The molecule has 0 spiro atoms. The van der Waals surface area contributed by atoms with Crippen LogP contribution >= 0.6 is 11.8 Å². The first-order valence-electron chi connectivity index (χ1n) is 8.93. The molecule has 27 heavy (non-hydrogen) atoms. The van der Waals surface area contributed by atoms with Crippen molar-refractivity contribution >= 4 is 23.4 Å². The monoisotopic (exact) mass is 381 g/mol. The van der Waals surface area contributed by atoms with E-state index in [1.54, 1.807) is 6.20 Å². The molecular formula is C20H23N5OS. The number of aromatic nitrogens is 4. The van der Waals surface area contributed by atoms with Crippen molar-refractivity contribution < 1.29 is 4.79 Å². The van der Waals surface area contributed by atoms with Crippen molar-refractivity contribution in [3.05, 3.63) is 53.7 Å². The molecule has 3 aromatic rings. The van der Waals surface area contributed by atoms with Crippen molar-refractivity contribution in [2.45, 2.75) is 38.9 Å². The van der Waals surface area contributed by atoms with E-state index in [1.807, 2.05) is 48.7 Å². The van der Waals surface area contributed by atoms with Crippen LogP contribution in [-0.4, -0.2) is 31.4 Å². The predicted molar refractivity (Wildman–Crippen MR) is 109 cm³/mol. The molecule has 0 fully saturated rings. The lowest BCUT2D eigenvalue weighted by Crippen LogP contribution is -2.15. The highest BCUT2D eigenvalue weighted by atomic mass is 32.2. The van der Waals surface area contributed by atoms with Crippen LogP contribution in [0.3, 0.4) is 0 Å². The Bertz CT molecular complexity index is 923. The van der Waals surface area contributed by atoms with Crippen LogP contribution in [0.4, 0.5) is 5.69 Å². The molecule has 0 aliphatic heterocycles. The zero-order valence-electron chi connectivity index (χ0n) is 15.8. The number of nitrogens with zero attached hydrogens (tertiary/aromatic N) is 4. The van der Waals surface area contributed by atoms with Crippen LogP contribution in [0.1, 0.15) is 24.5 Å². The summed E-state index contributed by atoms with van der Waals surface area (Å²) in [5.41, 5.74) is 3.86. The van der Waals surface area contributed by atoms with Crippen molar-refractivity contribution in [2.75, 3.05) is 11.1 Å². The fourth-order valence-electron chi connectivity index (χ4n) is 2.78. The number of nitrogens with one attached hydrogen (secondary N) is 1. The van der Waals surface area contributed by atoms with E-state index in [0.717, 1.165) is 40.9 Å². The number of pyridine rings is 1. The van der Waals surface area contributed by atoms with Crippen molar-refractivity contribution in [1.29, 1.82) is 0 Å². The number of carbonyl (C=O) groups is 1. The van der Waals surface area contributed by atoms with Crippen LogP contribution in [0.2, 0.25) is 0 Å². The number of carbonyl (C=O) groups excluding carboxylic acids is 1. The third-order valence-electron chi connectivity index (χ3n) is 4.05. The number of aryl methyl sites for hydroxylation is 2. The van der Waals surface area contributed by atoms with Gasteiger partial charge in [0, 0.05) is 18.4 Å². The van der Waals surface area contributed by atoms with Crippen LogP contribution in [-0.2, 0) is 11.3 Å². The van der Waals surface area contributed by atoms with Gasteiger partial charge in [-0.05, 0) is 44.0 Å². The van der Waals surface area contributed by atoms with Crippen LogP contribution in [0.25, 0.3) is 11.5 Å². The van der Waals surface area contributed by atoms with Gasteiger partial charge in [-0.1, -0.05) is 42.4 Å². The quantitative estimate of drug-likeness (QED) is 0.624. The molecule has 3 rings (SSSR count). The van der Waals surface area contributed by atoms with Gasteiger partial charge < -0.3 is 9.88 Å². The van der Waals surface area contributed by atoms with Gasteiger partial charge in [0.05, 0.1) is 5.75 Å². The van der Waals surface area contributed by atoms with E-state index in [4.69, 9.17) is 0 Å². The lowest BCUT2D eigenvalue weighted by Gasteiger charge is -2.10. The molecule has 2 heterocycles. The number of benzene rings is 1. The van der Waals surface area contributed by atoms with E-state index in [-0.39, 0.29) is 11.7 Å². The first-order valence-corrected chi connectivity index (χ1v) is 9.91. The number of anilines is 1. The van der Waals surface area contributed by atoms with Gasteiger partial charge in [-0.3, -0.25) is 9.78 Å². The number of amides is 1. The summed E-state index contributed by atoms with van der Waals surface area (Å²) in [6, 6.07) is 11.7. The van der Waals surface area contributed by atoms with E-state index in [0.29, 0.717) is 0 Å². The van der Waals surface area contributed by atoms with Crippen LogP contribution in [0, 0.1) is 13.8 Å². The first kappa shape index (κ1) is 19.1. The van der Waals surface area contributed by atoms with Crippen molar-refractivity contribution in [1.82, 2.24) is 19.7 Å². The Morgan fingerprint density at radius 3 is 2.74 bits per heavy atom. The topological polar surface area (TPSA) is 72.7 Å². The summed E-state index contributed by atoms with van der Waals surface area (Å²) in [4.78, 5) is 16.7. The number of thioether (sulfide) groups is 1. The average Bonchev–Trinajstić information content (AvgIpc) is 3.06. The molecule has 140 valence electrons. The lowest BCUT2D eigenvalue weighted by atomic mass is 10.1. The summed E-state index contributed by atoms with van der Waals surface area (Å²) in [5.74, 6) is 0.948. The average molecular weight is 382 g/mol. The Morgan fingerprint density at radius 2 is 2.04 bits per heavy atom. The minimum Gasteiger partial charge on any atom is -0.325 e. The van der Waals surface area contributed by atoms with Gasteiger partial charge in [0.15, 0.2) is 11.0 Å². The molecule has 6 nitrogen and oxygen atoms in total. The molecule has 0 aliphatic carbocycles. The van der Waals surface area contributed by atoms with Crippen LogP contribution < -0.4 is 5.32 Å². The Balaban J connectivity index is 1.70. The highest BCUT2D eigenvalue weighted by molar-refractivity contribution is 7.99. The van der Waals surface area contributed by atoms with E-state index >= 15 is 0 Å². The Morgan fingerprint density at radius 1 is 1.19 bits per heavy atom. The van der Waals surface area contributed by atoms with Gasteiger partial charge in [0.25, 0.3) is 0 Å². The second kappa shape index (κ2) is 8.81. The third-order valence-corrected chi connectivity index (χ3v) is 5.01. The van der Waals surface area contributed by atoms with Gasteiger partial charge in [0.2, 0.25) is 5.91 Å². The molecule has 0 radical (unpaired) electrons. The fourth-order valence-corrected chi connectivity index (χ4v) is 3.54. The zero-order valence-corrected chi connectivity index (χ0v) is 16.6. The second-order valence-corrected chi connectivity index (χ2v) is 7.27. The molecule has 1 aromatic carbocycles. The maximum atomic E-state index is 12.4. The molecule has 0 saturated carbocycles. The summed E-state index contributed by atoms with van der Waals surface area (Å²) in [7, 11) is 0. The van der Waals surface area contributed by atoms with Crippen LogP contribution in [0.15, 0.2) is 47.8 Å². The van der Waals surface area contributed by atoms with E-state index in [1.165, 1.54) is 17.3 Å². The standard InChI is InChI=1S/C20H23N5OS/c1-4-11-25-19(17-7-5-6-10-21-17)23-24-20(25)27-13-18(26)22-16-9-8-14(2)12-15(16)3/h5-10,12H,4,11,13H2,1-3H3,(H,22,26). The summed E-state index contributed by atoms with van der Waals surface area (Å²) in [5, 5.41) is 12.3. The molecule has 0 aliphatic rings. The molecule has 7 heteroatoms. The Hall–Kier alpha value is -2.67. The van der Waals surface area contributed by atoms with Crippen molar-refractivity contribution in [3.8, 4) is 11.5 Å². The lowest BCUT2D eigenvalue weighted by molar-refractivity contribution is -0.113. The molecule has 1 amide bonds. The predicted octanol–water partition coefficient (Wildman–Crippen LogP) is 4.10. The SMILES string of the molecule is CCCn1c(SCC(=O)Nc2ccc(C)cc2C)nnc1-c1ccccn1. The smallest absolute Gasteiger partial charge is 0.234 e. The van der Waals surface area contributed by atoms with Crippen LogP contribution in [0.5, 0.6) is 0 Å². The largest absolute Gasteiger partial charge is 0.325 e. The maximum Gasteiger partial charge on any atom is 0.234 e. The molecule has 0 atom stereocenters. The first-order chi connectivity index (χ1) is 13.1. The molecule has 2 aromatic heterocycles. The summed E-state index contributed by atoms with van der Waals surface area (Å²) in [6.07, 6.45) is 2.69. The molecule has 0 bridgehead atoms.